The number of rotatable bonds is 1. The van der Waals surface area contributed by atoms with Gasteiger partial charge in [0.1, 0.15) is 6.04 Å². The summed E-state index contributed by atoms with van der Waals surface area (Å²) in [6, 6.07) is 0.00926. The lowest BCUT2D eigenvalue weighted by molar-refractivity contribution is -0.143. The van der Waals surface area contributed by atoms with E-state index in [9.17, 15) is 4.79 Å². The Balaban J connectivity index is 1.98. The van der Waals surface area contributed by atoms with Crippen LogP contribution in [-0.2, 0) is 9.53 Å². The van der Waals surface area contributed by atoms with Crippen LogP contribution in [0, 0.1) is 11.8 Å². The summed E-state index contributed by atoms with van der Waals surface area (Å²) >= 11 is 0. The van der Waals surface area contributed by atoms with Crippen molar-refractivity contribution in [2.24, 2.45) is 11.8 Å². The monoisotopic (exact) mass is 141 g/mol. The van der Waals surface area contributed by atoms with Gasteiger partial charge < -0.3 is 10.1 Å². The molecule has 1 saturated carbocycles. The average molecular weight is 141 g/mol. The number of fused-ring (bicyclic) bond motifs is 1. The van der Waals surface area contributed by atoms with Crippen LogP contribution in [0.25, 0.3) is 0 Å². The van der Waals surface area contributed by atoms with E-state index < -0.39 is 0 Å². The highest BCUT2D eigenvalue weighted by molar-refractivity contribution is 5.77. The largest absolute Gasteiger partial charge is 0.468 e. The molecule has 0 radical (unpaired) electrons. The van der Waals surface area contributed by atoms with Gasteiger partial charge in [-0.25, -0.2) is 0 Å². The molecule has 0 aromatic carbocycles. The second kappa shape index (κ2) is 1.95. The molecule has 3 nitrogen and oxygen atoms in total. The highest BCUT2D eigenvalue weighted by Gasteiger charge is 2.51. The zero-order valence-electron chi connectivity index (χ0n) is 5.96. The highest BCUT2D eigenvalue weighted by Crippen LogP contribution is 2.45. The van der Waals surface area contributed by atoms with Crippen molar-refractivity contribution in [2.75, 3.05) is 13.7 Å². The van der Waals surface area contributed by atoms with Crippen molar-refractivity contribution in [3.8, 4) is 0 Å². The zero-order chi connectivity index (χ0) is 7.14. The molecule has 2 rings (SSSR count). The molecule has 0 aromatic rings. The molecule has 10 heavy (non-hydrogen) atoms. The first-order valence-corrected chi connectivity index (χ1v) is 3.64. The topological polar surface area (TPSA) is 38.3 Å². The Kier molecular flexibility index (Phi) is 1.20. The SMILES string of the molecule is COC(=O)[C@@H]1NC[C@@H]2C[C@@H]21. The number of carbonyl (C=O) groups is 1. The number of ether oxygens (including phenoxy) is 1. The van der Waals surface area contributed by atoms with Crippen molar-refractivity contribution >= 4 is 5.97 Å². The van der Waals surface area contributed by atoms with Gasteiger partial charge in [0.2, 0.25) is 0 Å². The van der Waals surface area contributed by atoms with E-state index in [1.807, 2.05) is 0 Å². The lowest BCUT2D eigenvalue weighted by Crippen LogP contribution is -2.35. The Bertz CT molecular complexity index is 169. The number of hydrogen-bond acceptors (Lipinski definition) is 3. The molecule has 0 spiro atoms. The molecule has 56 valence electrons. The summed E-state index contributed by atoms with van der Waals surface area (Å²) in [5, 5.41) is 3.13. The van der Waals surface area contributed by atoms with Crippen molar-refractivity contribution in [2.45, 2.75) is 12.5 Å². The van der Waals surface area contributed by atoms with E-state index in [1.165, 1.54) is 13.5 Å². The number of nitrogens with one attached hydrogen (secondary N) is 1. The molecular weight excluding hydrogens is 130 g/mol. The van der Waals surface area contributed by atoms with Crippen LogP contribution in [0.3, 0.4) is 0 Å². The molecule has 0 amide bonds. The quantitative estimate of drug-likeness (QED) is 0.512. The predicted molar refractivity (Wildman–Crippen MR) is 35.4 cm³/mol. The molecular formula is C7H11NO2. The van der Waals surface area contributed by atoms with Crippen molar-refractivity contribution in [1.29, 1.82) is 0 Å². The number of methoxy groups -OCH3 is 1. The molecule has 3 atom stereocenters. The second-order valence-electron chi connectivity index (χ2n) is 3.07. The maximum Gasteiger partial charge on any atom is 0.323 e. The van der Waals surface area contributed by atoms with Crippen molar-refractivity contribution in [3.05, 3.63) is 0 Å². The van der Waals surface area contributed by atoms with Crippen molar-refractivity contribution < 1.29 is 9.53 Å². The van der Waals surface area contributed by atoms with Gasteiger partial charge in [0.15, 0.2) is 0 Å². The molecule has 0 bridgehead atoms. The summed E-state index contributed by atoms with van der Waals surface area (Å²) in [6.07, 6.45) is 1.22. The summed E-state index contributed by atoms with van der Waals surface area (Å²) in [6.45, 7) is 1.00. The fraction of sp³-hybridized carbons (Fsp3) is 0.857. The predicted octanol–water partition coefficient (Wildman–Crippen LogP) is -0.233. The molecule has 1 heterocycles. The molecule has 1 aliphatic heterocycles. The van der Waals surface area contributed by atoms with Crippen LogP contribution in [0.2, 0.25) is 0 Å². The van der Waals surface area contributed by atoms with Gasteiger partial charge in [-0.15, -0.1) is 0 Å². The molecule has 2 aliphatic rings. The molecule has 0 unspecified atom stereocenters. The van der Waals surface area contributed by atoms with Crippen LogP contribution >= 0.6 is 0 Å². The lowest BCUT2D eigenvalue weighted by Gasteiger charge is -2.08. The van der Waals surface area contributed by atoms with Crippen LogP contribution in [0.5, 0.6) is 0 Å². The summed E-state index contributed by atoms with van der Waals surface area (Å²) in [5.41, 5.74) is 0. The minimum absolute atomic E-state index is 0.00926. The van der Waals surface area contributed by atoms with Gasteiger partial charge in [-0.3, -0.25) is 4.79 Å². The Morgan fingerprint density at radius 3 is 2.90 bits per heavy atom. The molecule has 1 saturated heterocycles. The van der Waals surface area contributed by atoms with E-state index in [0.29, 0.717) is 5.92 Å². The third-order valence-corrected chi connectivity index (χ3v) is 2.46. The fourth-order valence-electron chi connectivity index (χ4n) is 1.73. The van der Waals surface area contributed by atoms with Crippen molar-refractivity contribution in [3.63, 3.8) is 0 Å². The maximum absolute atomic E-state index is 11.0. The van der Waals surface area contributed by atoms with Crippen LogP contribution in [0.15, 0.2) is 0 Å². The smallest absolute Gasteiger partial charge is 0.323 e. The maximum atomic E-state index is 11.0. The van der Waals surface area contributed by atoms with Gasteiger partial charge in [-0.1, -0.05) is 0 Å². The van der Waals surface area contributed by atoms with E-state index in [2.05, 4.69) is 10.1 Å². The summed E-state index contributed by atoms with van der Waals surface area (Å²) in [4.78, 5) is 11.0. The van der Waals surface area contributed by atoms with Gasteiger partial charge in [-0.2, -0.15) is 0 Å². The first-order valence-electron chi connectivity index (χ1n) is 3.64. The second-order valence-corrected chi connectivity index (χ2v) is 3.07. The molecule has 1 N–H and O–H groups in total. The number of esters is 1. The van der Waals surface area contributed by atoms with E-state index in [4.69, 9.17) is 0 Å². The van der Waals surface area contributed by atoms with E-state index >= 15 is 0 Å². The molecule has 3 heteroatoms. The lowest BCUT2D eigenvalue weighted by atomic mass is 10.2. The minimum Gasteiger partial charge on any atom is -0.468 e. The summed E-state index contributed by atoms with van der Waals surface area (Å²) < 4.78 is 4.63. The number of hydrogen-bond donors (Lipinski definition) is 1. The molecule has 0 aromatic heterocycles. The van der Waals surface area contributed by atoms with Gasteiger partial charge in [0, 0.05) is 0 Å². The van der Waals surface area contributed by atoms with Gasteiger partial charge >= 0.3 is 5.97 Å². The summed E-state index contributed by atoms with van der Waals surface area (Å²) in [5.74, 6) is 1.27. The van der Waals surface area contributed by atoms with Crippen LogP contribution in [0.4, 0.5) is 0 Å². The van der Waals surface area contributed by atoms with Gasteiger partial charge in [-0.05, 0) is 24.8 Å². The third kappa shape index (κ3) is 0.736. The first kappa shape index (κ1) is 6.16. The normalized spacial score (nSPS) is 42.7. The fourth-order valence-corrected chi connectivity index (χ4v) is 1.73. The zero-order valence-corrected chi connectivity index (χ0v) is 5.96. The van der Waals surface area contributed by atoms with E-state index in [1.54, 1.807) is 0 Å². The Morgan fingerprint density at radius 2 is 2.50 bits per heavy atom. The average Bonchev–Trinajstić information content (AvgIpc) is 2.62. The van der Waals surface area contributed by atoms with Gasteiger partial charge in [0.05, 0.1) is 7.11 Å². The Morgan fingerprint density at radius 1 is 1.70 bits per heavy atom. The van der Waals surface area contributed by atoms with E-state index in [0.717, 1.165) is 12.5 Å². The van der Waals surface area contributed by atoms with Crippen molar-refractivity contribution in [1.82, 2.24) is 5.32 Å². The van der Waals surface area contributed by atoms with Crippen LogP contribution < -0.4 is 5.32 Å². The number of piperidine rings is 1. The Hall–Kier alpha value is -0.570. The molecule has 2 fully saturated rings. The third-order valence-electron chi connectivity index (χ3n) is 2.46. The van der Waals surface area contributed by atoms with Gasteiger partial charge in [0.25, 0.3) is 0 Å². The first-order chi connectivity index (χ1) is 4.83. The highest BCUT2D eigenvalue weighted by atomic mass is 16.5. The standard InChI is InChI=1S/C7H11NO2/c1-10-7(9)6-5-2-4(5)3-8-6/h4-6,8H,2-3H2,1H3/t4-,5-,6+/m0/s1. The van der Waals surface area contributed by atoms with Crippen LogP contribution in [-0.4, -0.2) is 25.7 Å². The number of carbonyl (C=O) groups excluding carboxylic acids is 1. The van der Waals surface area contributed by atoms with E-state index in [-0.39, 0.29) is 12.0 Å². The minimum atomic E-state index is -0.0926. The molecule has 1 aliphatic carbocycles. The Labute approximate surface area is 59.7 Å². The summed E-state index contributed by atoms with van der Waals surface area (Å²) in [7, 11) is 1.44. The van der Waals surface area contributed by atoms with Crippen LogP contribution in [0.1, 0.15) is 6.42 Å².